The van der Waals surface area contributed by atoms with Crippen molar-refractivity contribution in [2.24, 2.45) is 0 Å². The van der Waals surface area contributed by atoms with Crippen LogP contribution in [0.5, 0.6) is 0 Å². The summed E-state index contributed by atoms with van der Waals surface area (Å²) in [5, 5.41) is 8.57. The van der Waals surface area contributed by atoms with Crippen molar-refractivity contribution in [1.82, 2.24) is 9.55 Å². The SMILES string of the molecule is O=C(O)c1cc(=O)n(C2(Cl)CC2)cn1. The molecule has 0 spiro atoms. The Morgan fingerprint density at radius 2 is 2.29 bits per heavy atom. The fourth-order valence-electron chi connectivity index (χ4n) is 1.16. The van der Waals surface area contributed by atoms with E-state index in [0.717, 1.165) is 6.07 Å². The number of hydrogen-bond donors (Lipinski definition) is 1. The van der Waals surface area contributed by atoms with Crippen LogP contribution in [0.2, 0.25) is 0 Å². The number of hydrogen-bond acceptors (Lipinski definition) is 3. The van der Waals surface area contributed by atoms with Crippen LogP contribution in [-0.4, -0.2) is 20.6 Å². The third-order valence-electron chi connectivity index (χ3n) is 2.12. The van der Waals surface area contributed by atoms with Gasteiger partial charge in [0.05, 0.1) is 6.33 Å². The standard InChI is InChI=1S/C8H7ClN2O3/c9-8(1-2-8)11-4-10-5(7(13)14)3-6(11)12/h3-4H,1-2H2,(H,13,14). The third kappa shape index (κ3) is 1.39. The van der Waals surface area contributed by atoms with E-state index in [1.54, 1.807) is 0 Å². The van der Waals surface area contributed by atoms with Gasteiger partial charge in [-0.3, -0.25) is 9.36 Å². The van der Waals surface area contributed by atoms with E-state index in [1.165, 1.54) is 10.9 Å². The molecular formula is C8H7ClN2O3. The Morgan fingerprint density at radius 3 is 2.71 bits per heavy atom. The van der Waals surface area contributed by atoms with Gasteiger partial charge in [-0.2, -0.15) is 0 Å². The zero-order valence-corrected chi connectivity index (χ0v) is 7.86. The number of carboxylic acids is 1. The van der Waals surface area contributed by atoms with Crippen LogP contribution < -0.4 is 5.56 Å². The fourth-order valence-corrected chi connectivity index (χ4v) is 1.38. The van der Waals surface area contributed by atoms with Gasteiger partial charge < -0.3 is 5.11 Å². The first-order valence-electron chi connectivity index (χ1n) is 4.04. The van der Waals surface area contributed by atoms with Crippen LogP contribution in [-0.2, 0) is 5.00 Å². The summed E-state index contributed by atoms with van der Waals surface area (Å²) in [6, 6.07) is 0.977. The van der Waals surface area contributed by atoms with E-state index in [2.05, 4.69) is 4.98 Å². The second-order valence-electron chi connectivity index (χ2n) is 3.21. The lowest BCUT2D eigenvalue weighted by Crippen LogP contribution is -2.27. The van der Waals surface area contributed by atoms with Crippen molar-refractivity contribution in [3.8, 4) is 0 Å². The highest BCUT2D eigenvalue weighted by molar-refractivity contribution is 6.23. The molecule has 0 aliphatic heterocycles. The Hall–Kier alpha value is -1.36. The molecule has 0 unspecified atom stereocenters. The molecule has 1 aliphatic rings. The molecule has 14 heavy (non-hydrogen) atoms. The molecule has 1 fully saturated rings. The van der Waals surface area contributed by atoms with E-state index >= 15 is 0 Å². The van der Waals surface area contributed by atoms with E-state index in [-0.39, 0.29) is 5.69 Å². The minimum atomic E-state index is -1.21. The van der Waals surface area contributed by atoms with Gasteiger partial charge in [-0.15, -0.1) is 0 Å². The third-order valence-corrected chi connectivity index (χ3v) is 2.68. The Labute approximate surface area is 84.0 Å². The Kier molecular flexibility index (Phi) is 1.85. The molecule has 1 aliphatic carbocycles. The summed E-state index contributed by atoms with van der Waals surface area (Å²) >= 11 is 5.98. The second-order valence-corrected chi connectivity index (χ2v) is 3.91. The summed E-state index contributed by atoms with van der Waals surface area (Å²) in [4.78, 5) is 24.9. The van der Waals surface area contributed by atoms with Crippen molar-refractivity contribution in [2.75, 3.05) is 0 Å². The van der Waals surface area contributed by atoms with Gasteiger partial charge in [-0.05, 0) is 12.8 Å². The summed E-state index contributed by atoms with van der Waals surface area (Å²) in [5.41, 5.74) is -0.683. The van der Waals surface area contributed by atoms with Crippen molar-refractivity contribution in [3.05, 3.63) is 28.4 Å². The molecule has 1 aromatic rings. The average Bonchev–Trinajstić information content (AvgIpc) is 2.84. The smallest absolute Gasteiger partial charge is 0.354 e. The number of carbonyl (C=O) groups is 1. The summed E-state index contributed by atoms with van der Waals surface area (Å²) < 4.78 is 1.26. The molecule has 1 saturated carbocycles. The van der Waals surface area contributed by atoms with Crippen LogP contribution in [0.4, 0.5) is 0 Å². The largest absolute Gasteiger partial charge is 0.477 e. The zero-order valence-electron chi connectivity index (χ0n) is 7.11. The van der Waals surface area contributed by atoms with Gasteiger partial charge in [-0.1, -0.05) is 11.6 Å². The van der Waals surface area contributed by atoms with E-state index in [4.69, 9.17) is 16.7 Å². The topological polar surface area (TPSA) is 72.2 Å². The molecular weight excluding hydrogens is 208 g/mol. The van der Waals surface area contributed by atoms with Gasteiger partial charge in [0.25, 0.3) is 5.56 Å². The predicted molar refractivity (Wildman–Crippen MR) is 48.5 cm³/mol. The van der Waals surface area contributed by atoms with Crippen LogP contribution in [0.15, 0.2) is 17.2 Å². The average molecular weight is 215 g/mol. The fraction of sp³-hybridized carbons (Fsp3) is 0.375. The lowest BCUT2D eigenvalue weighted by atomic mass is 10.4. The van der Waals surface area contributed by atoms with E-state index in [9.17, 15) is 9.59 Å². The first-order chi connectivity index (χ1) is 6.53. The van der Waals surface area contributed by atoms with E-state index < -0.39 is 16.5 Å². The minimum Gasteiger partial charge on any atom is -0.477 e. The first-order valence-corrected chi connectivity index (χ1v) is 4.42. The quantitative estimate of drug-likeness (QED) is 0.733. The van der Waals surface area contributed by atoms with E-state index in [0.29, 0.717) is 12.8 Å². The molecule has 2 rings (SSSR count). The molecule has 0 bridgehead atoms. The minimum absolute atomic E-state index is 0.257. The normalized spacial score (nSPS) is 17.8. The molecule has 1 N–H and O–H groups in total. The lowest BCUT2D eigenvalue weighted by molar-refractivity contribution is 0.0689. The summed E-state index contributed by atoms with van der Waals surface area (Å²) in [6.45, 7) is 0. The first kappa shape index (κ1) is 9.21. The molecule has 0 radical (unpaired) electrons. The molecule has 6 heteroatoms. The number of halogens is 1. The maximum Gasteiger partial charge on any atom is 0.354 e. The Morgan fingerprint density at radius 1 is 1.64 bits per heavy atom. The van der Waals surface area contributed by atoms with Crippen LogP contribution >= 0.6 is 11.6 Å². The number of rotatable bonds is 2. The van der Waals surface area contributed by atoms with Crippen LogP contribution in [0.1, 0.15) is 23.3 Å². The van der Waals surface area contributed by atoms with Gasteiger partial charge in [0.1, 0.15) is 5.00 Å². The van der Waals surface area contributed by atoms with Crippen molar-refractivity contribution in [1.29, 1.82) is 0 Å². The number of nitrogens with zero attached hydrogens (tertiary/aromatic N) is 2. The number of carboxylic acid groups (broad SMARTS) is 1. The van der Waals surface area contributed by atoms with Crippen LogP contribution in [0.25, 0.3) is 0 Å². The monoisotopic (exact) mass is 214 g/mol. The van der Waals surface area contributed by atoms with Gasteiger partial charge in [0.2, 0.25) is 0 Å². The van der Waals surface area contributed by atoms with Gasteiger partial charge in [0.15, 0.2) is 5.69 Å². The summed E-state index contributed by atoms with van der Waals surface area (Å²) in [5.74, 6) is -1.21. The highest BCUT2D eigenvalue weighted by atomic mass is 35.5. The van der Waals surface area contributed by atoms with Gasteiger partial charge >= 0.3 is 5.97 Å². The van der Waals surface area contributed by atoms with Crippen molar-refractivity contribution >= 4 is 17.6 Å². The maximum atomic E-state index is 11.4. The number of aromatic nitrogens is 2. The van der Waals surface area contributed by atoms with Crippen molar-refractivity contribution < 1.29 is 9.90 Å². The highest BCUT2D eigenvalue weighted by Crippen LogP contribution is 2.46. The zero-order chi connectivity index (χ0) is 10.3. The van der Waals surface area contributed by atoms with Gasteiger partial charge in [-0.25, -0.2) is 9.78 Å². The van der Waals surface area contributed by atoms with E-state index in [1.807, 2.05) is 0 Å². The molecule has 5 nitrogen and oxygen atoms in total. The van der Waals surface area contributed by atoms with Gasteiger partial charge in [0, 0.05) is 6.07 Å². The molecule has 0 aromatic carbocycles. The molecule has 0 atom stereocenters. The lowest BCUT2D eigenvalue weighted by Gasteiger charge is -2.09. The number of alkyl halides is 1. The highest BCUT2D eigenvalue weighted by Gasteiger charge is 2.43. The summed E-state index contributed by atoms with van der Waals surface area (Å²) in [6.07, 6.45) is 2.61. The molecule has 0 amide bonds. The Bertz CT molecular complexity index is 450. The predicted octanol–water partition coefficient (Wildman–Crippen LogP) is 0.627. The number of aromatic carboxylic acids is 1. The maximum absolute atomic E-state index is 11.4. The molecule has 74 valence electrons. The molecule has 1 aromatic heterocycles. The molecule has 0 saturated heterocycles. The van der Waals surface area contributed by atoms with Crippen molar-refractivity contribution in [2.45, 2.75) is 17.8 Å². The Balaban J connectivity index is 2.47. The van der Waals surface area contributed by atoms with Crippen LogP contribution in [0, 0.1) is 0 Å². The second kappa shape index (κ2) is 2.81. The van der Waals surface area contributed by atoms with Crippen molar-refractivity contribution in [3.63, 3.8) is 0 Å². The molecule has 1 heterocycles. The van der Waals surface area contributed by atoms with Crippen LogP contribution in [0.3, 0.4) is 0 Å². The summed E-state index contributed by atoms with van der Waals surface area (Å²) in [7, 11) is 0.